The second-order valence-electron chi connectivity index (χ2n) is 3.77. The third kappa shape index (κ3) is 1.37. The van der Waals surface area contributed by atoms with Gasteiger partial charge in [-0.1, -0.05) is 0 Å². The van der Waals surface area contributed by atoms with Gasteiger partial charge in [-0.15, -0.1) is 0 Å². The summed E-state index contributed by atoms with van der Waals surface area (Å²) >= 11 is 0. The van der Waals surface area contributed by atoms with Crippen molar-refractivity contribution in [2.24, 2.45) is 0 Å². The van der Waals surface area contributed by atoms with Crippen LogP contribution < -0.4 is 0 Å². The van der Waals surface area contributed by atoms with E-state index in [2.05, 4.69) is 0 Å². The summed E-state index contributed by atoms with van der Waals surface area (Å²) in [5.74, 6) is 0. The molecule has 1 saturated heterocycles. The van der Waals surface area contributed by atoms with Gasteiger partial charge < -0.3 is 14.2 Å². The van der Waals surface area contributed by atoms with Crippen molar-refractivity contribution in [1.82, 2.24) is 0 Å². The van der Waals surface area contributed by atoms with Crippen molar-refractivity contribution in [2.45, 2.75) is 37.1 Å². The third-order valence-electron chi connectivity index (χ3n) is 2.83. The van der Waals surface area contributed by atoms with Gasteiger partial charge in [0.15, 0.2) is 0 Å². The Morgan fingerprint density at radius 3 is 2.67 bits per heavy atom. The molecular weight excluding hydrogens is 156 g/mol. The van der Waals surface area contributed by atoms with Crippen LogP contribution in [0.15, 0.2) is 0 Å². The molecule has 70 valence electrons. The fourth-order valence-corrected chi connectivity index (χ4v) is 1.95. The lowest BCUT2D eigenvalue weighted by Crippen LogP contribution is -2.27. The van der Waals surface area contributed by atoms with E-state index in [1.54, 1.807) is 14.2 Å². The first-order valence-electron chi connectivity index (χ1n) is 4.49. The van der Waals surface area contributed by atoms with E-state index in [1.165, 1.54) is 12.8 Å². The largest absolute Gasteiger partial charge is 0.382 e. The van der Waals surface area contributed by atoms with Crippen molar-refractivity contribution < 1.29 is 14.2 Å². The van der Waals surface area contributed by atoms with Gasteiger partial charge in [-0.2, -0.15) is 0 Å². The molecule has 1 heterocycles. The molecule has 0 amide bonds. The molecule has 2 fully saturated rings. The maximum absolute atomic E-state index is 5.85. The molecular formula is C9H16O3. The highest BCUT2D eigenvalue weighted by Gasteiger charge is 2.54. The Kier molecular flexibility index (Phi) is 2.10. The lowest BCUT2D eigenvalue weighted by Gasteiger charge is -2.15. The van der Waals surface area contributed by atoms with Crippen molar-refractivity contribution in [3.63, 3.8) is 0 Å². The topological polar surface area (TPSA) is 27.7 Å². The Hall–Kier alpha value is -0.120. The van der Waals surface area contributed by atoms with Crippen LogP contribution in [0.25, 0.3) is 0 Å². The van der Waals surface area contributed by atoms with Gasteiger partial charge in [0.25, 0.3) is 0 Å². The summed E-state index contributed by atoms with van der Waals surface area (Å²) in [6.07, 6.45) is 3.85. The predicted octanol–water partition coefficient (Wildman–Crippen LogP) is 0.969. The molecule has 12 heavy (non-hydrogen) atoms. The Bertz CT molecular complexity index is 165. The van der Waals surface area contributed by atoms with Crippen LogP contribution in [0, 0.1) is 0 Å². The van der Waals surface area contributed by atoms with E-state index < -0.39 is 0 Å². The summed E-state index contributed by atoms with van der Waals surface area (Å²) in [5, 5.41) is 0. The van der Waals surface area contributed by atoms with Gasteiger partial charge in [-0.25, -0.2) is 0 Å². The molecule has 1 aliphatic heterocycles. The zero-order valence-corrected chi connectivity index (χ0v) is 7.71. The van der Waals surface area contributed by atoms with E-state index >= 15 is 0 Å². The van der Waals surface area contributed by atoms with E-state index in [0.29, 0.717) is 6.61 Å². The van der Waals surface area contributed by atoms with E-state index in [0.717, 1.165) is 6.42 Å². The SMILES string of the molecule is COC[C@H]1OC2(CC2)C[C@@H]1OC. The van der Waals surface area contributed by atoms with Crippen LogP contribution >= 0.6 is 0 Å². The summed E-state index contributed by atoms with van der Waals surface area (Å²) < 4.78 is 16.3. The maximum Gasteiger partial charge on any atom is 0.108 e. The molecule has 2 rings (SSSR count). The van der Waals surface area contributed by atoms with Gasteiger partial charge in [0, 0.05) is 20.6 Å². The van der Waals surface area contributed by atoms with Crippen LogP contribution in [-0.2, 0) is 14.2 Å². The number of ether oxygens (including phenoxy) is 3. The predicted molar refractivity (Wildman–Crippen MR) is 44.1 cm³/mol. The number of methoxy groups -OCH3 is 2. The fourth-order valence-electron chi connectivity index (χ4n) is 1.95. The summed E-state index contributed by atoms with van der Waals surface area (Å²) in [6, 6.07) is 0. The number of hydrogen-bond acceptors (Lipinski definition) is 3. The highest BCUT2D eigenvalue weighted by molar-refractivity contribution is 5.04. The van der Waals surface area contributed by atoms with Crippen LogP contribution in [-0.4, -0.2) is 38.6 Å². The summed E-state index contributed by atoms with van der Waals surface area (Å²) in [4.78, 5) is 0. The minimum absolute atomic E-state index is 0.155. The van der Waals surface area contributed by atoms with E-state index in [4.69, 9.17) is 14.2 Å². The molecule has 1 spiro atoms. The summed E-state index contributed by atoms with van der Waals surface area (Å²) in [5.41, 5.74) is 0.184. The minimum Gasteiger partial charge on any atom is -0.382 e. The Balaban J connectivity index is 1.93. The molecule has 0 bridgehead atoms. The van der Waals surface area contributed by atoms with Gasteiger partial charge in [-0.3, -0.25) is 0 Å². The smallest absolute Gasteiger partial charge is 0.108 e. The monoisotopic (exact) mass is 172 g/mol. The van der Waals surface area contributed by atoms with Crippen LogP contribution in [0.1, 0.15) is 19.3 Å². The normalized spacial score (nSPS) is 37.5. The second-order valence-corrected chi connectivity index (χ2v) is 3.77. The van der Waals surface area contributed by atoms with Crippen molar-refractivity contribution >= 4 is 0 Å². The van der Waals surface area contributed by atoms with Crippen molar-refractivity contribution in [3.8, 4) is 0 Å². The lowest BCUT2D eigenvalue weighted by atomic mass is 10.1. The molecule has 3 nitrogen and oxygen atoms in total. The molecule has 0 aromatic carbocycles. The van der Waals surface area contributed by atoms with Gasteiger partial charge in [-0.05, 0) is 12.8 Å². The molecule has 2 atom stereocenters. The van der Waals surface area contributed by atoms with E-state index in [1.807, 2.05) is 0 Å². The van der Waals surface area contributed by atoms with Crippen molar-refractivity contribution in [3.05, 3.63) is 0 Å². The second kappa shape index (κ2) is 2.98. The van der Waals surface area contributed by atoms with Crippen molar-refractivity contribution in [2.75, 3.05) is 20.8 Å². The van der Waals surface area contributed by atoms with E-state index in [-0.39, 0.29) is 17.8 Å². The quantitative estimate of drug-likeness (QED) is 0.635. The molecule has 2 aliphatic rings. The zero-order chi connectivity index (χ0) is 8.60. The van der Waals surface area contributed by atoms with Crippen LogP contribution in [0.5, 0.6) is 0 Å². The first-order chi connectivity index (χ1) is 5.79. The maximum atomic E-state index is 5.85. The average Bonchev–Trinajstić information content (AvgIpc) is 2.70. The molecule has 0 radical (unpaired) electrons. The Labute approximate surface area is 73.0 Å². The van der Waals surface area contributed by atoms with Crippen LogP contribution in [0.4, 0.5) is 0 Å². The third-order valence-corrected chi connectivity index (χ3v) is 2.83. The molecule has 1 aliphatic carbocycles. The summed E-state index contributed by atoms with van der Waals surface area (Å²) in [7, 11) is 3.45. The highest BCUT2D eigenvalue weighted by Crippen LogP contribution is 2.50. The molecule has 0 unspecified atom stereocenters. The Morgan fingerprint density at radius 1 is 1.42 bits per heavy atom. The van der Waals surface area contributed by atoms with Crippen LogP contribution in [0.3, 0.4) is 0 Å². The lowest BCUT2D eigenvalue weighted by molar-refractivity contribution is -0.0504. The minimum atomic E-state index is 0.155. The van der Waals surface area contributed by atoms with Gasteiger partial charge in [0.2, 0.25) is 0 Å². The summed E-state index contributed by atoms with van der Waals surface area (Å²) in [6.45, 7) is 0.653. The van der Waals surface area contributed by atoms with Crippen LogP contribution in [0.2, 0.25) is 0 Å². The van der Waals surface area contributed by atoms with Crippen molar-refractivity contribution in [1.29, 1.82) is 0 Å². The van der Waals surface area contributed by atoms with Gasteiger partial charge >= 0.3 is 0 Å². The fraction of sp³-hybridized carbons (Fsp3) is 1.00. The number of rotatable bonds is 3. The highest BCUT2D eigenvalue weighted by atomic mass is 16.6. The van der Waals surface area contributed by atoms with Gasteiger partial charge in [0.05, 0.1) is 18.3 Å². The van der Waals surface area contributed by atoms with Gasteiger partial charge in [0.1, 0.15) is 6.10 Å². The zero-order valence-electron chi connectivity index (χ0n) is 7.71. The Morgan fingerprint density at radius 2 is 2.17 bits per heavy atom. The first-order valence-corrected chi connectivity index (χ1v) is 4.49. The average molecular weight is 172 g/mol. The van der Waals surface area contributed by atoms with E-state index in [9.17, 15) is 0 Å². The molecule has 0 N–H and O–H groups in total. The first kappa shape index (κ1) is 8.48. The molecule has 1 saturated carbocycles. The standard InChI is InChI=1S/C9H16O3/c1-10-6-8-7(11-2)5-9(12-8)3-4-9/h7-8H,3-6H2,1-2H3/t7-,8+/m0/s1. The molecule has 0 aromatic heterocycles. The number of hydrogen-bond donors (Lipinski definition) is 0. The molecule has 3 heteroatoms. The molecule has 0 aromatic rings.